The fraction of sp³-hybridized carbons (Fsp3) is 0.368. The molecule has 1 aliphatic heterocycles. The van der Waals surface area contributed by atoms with Gasteiger partial charge in [-0.15, -0.1) is 0 Å². The van der Waals surface area contributed by atoms with E-state index in [1.807, 2.05) is 6.92 Å². The van der Waals surface area contributed by atoms with Crippen LogP contribution in [0.3, 0.4) is 0 Å². The second-order valence-corrected chi connectivity index (χ2v) is 6.86. The second-order valence-electron chi connectivity index (χ2n) is 6.86. The monoisotopic (exact) mass is 279 g/mol. The Morgan fingerprint density at radius 3 is 2.57 bits per heavy atom. The van der Waals surface area contributed by atoms with Gasteiger partial charge in [0.1, 0.15) is 5.75 Å². The van der Waals surface area contributed by atoms with Gasteiger partial charge in [-0.05, 0) is 73.6 Å². The van der Waals surface area contributed by atoms with Gasteiger partial charge in [-0.3, -0.25) is 0 Å². The van der Waals surface area contributed by atoms with Crippen LogP contribution in [0.1, 0.15) is 46.2 Å². The van der Waals surface area contributed by atoms with Crippen molar-refractivity contribution in [1.82, 2.24) is 0 Å². The van der Waals surface area contributed by atoms with Crippen LogP contribution in [0, 0.1) is 20.8 Å². The molecule has 0 saturated heterocycles. The average Bonchev–Trinajstić information content (AvgIpc) is 2.91. The highest BCUT2D eigenvalue weighted by molar-refractivity contribution is 5.71. The van der Waals surface area contributed by atoms with Gasteiger partial charge in [0.05, 0.1) is 0 Å². The number of anilines is 1. The van der Waals surface area contributed by atoms with E-state index in [9.17, 15) is 5.11 Å². The zero-order chi connectivity index (χ0) is 14.9. The maximum atomic E-state index is 10.5. The number of phenols is 1. The summed E-state index contributed by atoms with van der Waals surface area (Å²) < 4.78 is 0. The Hall–Kier alpha value is -1.96. The third kappa shape index (κ3) is 1.43. The van der Waals surface area contributed by atoms with E-state index in [2.05, 4.69) is 50.4 Å². The quantitative estimate of drug-likeness (QED) is 0.758. The van der Waals surface area contributed by atoms with Crippen LogP contribution in [0.25, 0.3) is 0 Å². The summed E-state index contributed by atoms with van der Waals surface area (Å²) in [5, 5.41) is 14.2. The Kier molecular flexibility index (Phi) is 2.32. The lowest BCUT2D eigenvalue weighted by Gasteiger charge is -2.26. The first-order valence-electron chi connectivity index (χ1n) is 7.62. The number of phenolic OH excluding ortho intramolecular Hbond substituents is 1. The molecule has 0 amide bonds. The minimum absolute atomic E-state index is 0.0295. The molecule has 108 valence electrons. The van der Waals surface area contributed by atoms with Crippen LogP contribution in [0.5, 0.6) is 5.75 Å². The molecule has 2 atom stereocenters. The second kappa shape index (κ2) is 3.82. The highest BCUT2D eigenvalue weighted by Crippen LogP contribution is 2.56. The lowest BCUT2D eigenvalue weighted by atomic mass is 9.82. The van der Waals surface area contributed by atoms with Crippen LogP contribution in [0.4, 0.5) is 5.69 Å². The van der Waals surface area contributed by atoms with Crippen molar-refractivity contribution in [1.29, 1.82) is 0 Å². The number of hydrogen-bond donors (Lipinski definition) is 2. The molecule has 0 unspecified atom stereocenters. The minimum atomic E-state index is 0.0295. The Bertz CT molecular complexity index is 778. The molecule has 4 rings (SSSR count). The molecule has 0 aromatic heterocycles. The van der Waals surface area contributed by atoms with Gasteiger partial charge < -0.3 is 10.4 Å². The molecule has 1 aliphatic carbocycles. The molecule has 2 aromatic rings. The van der Waals surface area contributed by atoms with Crippen molar-refractivity contribution in [3.63, 3.8) is 0 Å². The Balaban J connectivity index is 2.05. The minimum Gasteiger partial charge on any atom is -0.507 e. The van der Waals surface area contributed by atoms with Gasteiger partial charge >= 0.3 is 0 Å². The maximum Gasteiger partial charge on any atom is 0.121 e. The third-order valence-corrected chi connectivity index (χ3v) is 5.62. The fourth-order valence-corrected chi connectivity index (χ4v) is 4.43. The molecule has 2 heteroatoms. The zero-order valence-corrected chi connectivity index (χ0v) is 13.0. The van der Waals surface area contributed by atoms with Gasteiger partial charge in [-0.25, -0.2) is 0 Å². The summed E-state index contributed by atoms with van der Waals surface area (Å²) in [4.78, 5) is 0. The number of rotatable bonds is 0. The molecular weight excluding hydrogens is 258 g/mol. The molecule has 0 saturated carbocycles. The summed E-state index contributed by atoms with van der Waals surface area (Å²) in [6.45, 7) is 8.54. The van der Waals surface area contributed by atoms with E-state index in [0.717, 1.165) is 17.5 Å². The molecule has 2 aromatic carbocycles. The highest BCUT2D eigenvalue weighted by atomic mass is 16.3. The fourth-order valence-electron chi connectivity index (χ4n) is 4.43. The van der Waals surface area contributed by atoms with Crippen molar-refractivity contribution in [2.45, 2.75) is 45.6 Å². The molecule has 2 aliphatic rings. The summed E-state index contributed by atoms with van der Waals surface area (Å²) >= 11 is 0. The summed E-state index contributed by atoms with van der Waals surface area (Å²) in [7, 11) is 0. The van der Waals surface area contributed by atoms with Crippen LogP contribution in [0.15, 0.2) is 24.3 Å². The lowest BCUT2D eigenvalue weighted by Crippen LogP contribution is -2.34. The SMILES string of the molecule is Cc1c(C)c2c(c(C)c1O)[C@@H]1c3ccccc3N[C@]1(C)C2. The molecule has 21 heavy (non-hydrogen) atoms. The van der Waals surface area contributed by atoms with E-state index in [-0.39, 0.29) is 5.54 Å². The standard InChI is InChI=1S/C19H21NO/c1-10-11(2)18(21)12(3)16-14(10)9-19(4)17(16)13-7-5-6-8-15(13)20-19/h5-8,17,20-21H,9H2,1-4H3/t17-,19+/m0/s1. The van der Waals surface area contributed by atoms with Crippen molar-refractivity contribution in [2.75, 3.05) is 5.32 Å². The highest BCUT2D eigenvalue weighted by Gasteiger charge is 2.50. The van der Waals surface area contributed by atoms with Gasteiger partial charge in [0.25, 0.3) is 0 Å². The molecule has 1 heterocycles. The predicted octanol–water partition coefficient (Wildman–Crippen LogP) is 4.19. The smallest absolute Gasteiger partial charge is 0.121 e. The van der Waals surface area contributed by atoms with Crippen molar-refractivity contribution in [3.8, 4) is 5.75 Å². The lowest BCUT2D eigenvalue weighted by molar-refractivity contribution is 0.464. The topological polar surface area (TPSA) is 32.3 Å². The number of benzene rings is 2. The largest absolute Gasteiger partial charge is 0.507 e. The number of para-hydroxylation sites is 1. The van der Waals surface area contributed by atoms with Crippen molar-refractivity contribution in [2.24, 2.45) is 0 Å². The molecule has 0 fully saturated rings. The van der Waals surface area contributed by atoms with E-state index < -0.39 is 0 Å². The van der Waals surface area contributed by atoms with Crippen molar-refractivity contribution < 1.29 is 5.11 Å². The Morgan fingerprint density at radius 1 is 1.10 bits per heavy atom. The predicted molar refractivity (Wildman–Crippen MR) is 86.3 cm³/mol. The zero-order valence-electron chi connectivity index (χ0n) is 13.0. The maximum absolute atomic E-state index is 10.5. The van der Waals surface area contributed by atoms with Crippen molar-refractivity contribution >= 4 is 5.69 Å². The number of nitrogens with one attached hydrogen (secondary N) is 1. The normalized spacial score (nSPS) is 25.2. The van der Waals surface area contributed by atoms with Gasteiger partial charge in [0.15, 0.2) is 0 Å². The van der Waals surface area contributed by atoms with E-state index in [1.54, 1.807) is 0 Å². The Morgan fingerprint density at radius 2 is 1.81 bits per heavy atom. The summed E-state index contributed by atoms with van der Waals surface area (Å²) in [5.74, 6) is 0.814. The first kappa shape index (κ1) is 12.8. The average molecular weight is 279 g/mol. The molecule has 2 N–H and O–H groups in total. The van der Waals surface area contributed by atoms with Crippen LogP contribution >= 0.6 is 0 Å². The Labute approximate surface area is 125 Å². The summed E-state index contributed by atoms with van der Waals surface area (Å²) in [6.07, 6.45) is 1.02. The van der Waals surface area contributed by atoms with E-state index >= 15 is 0 Å². The first-order valence-corrected chi connectivity index (χ1v) is 7.62. The van der Waals surface area contributed by atoms with Crippen LogP contribution in [-0.2, 0) is 6.42 Å². The van der Waals surface area contributed by atoms with Gasteiger partial charge in [-0.2, -0.15) is 0 Å². The van der Waals surface area contributed by atoms with Crippen LogP contribution in [0.2, 0.25) is 0 Å². The van der Waals surface area contributed by atoms with Crippen LogP contribution in [-0.4, -0.2) is 10.6 Å². The number of aromatic hydroxyl groups is 1. The first-order chi connectivity index (χ1) is 9.94. The van der Waals surface area contributed by atoms with Crippen LogP contribution < -0.4 is 5.32 Å². The number of hydrogen-bond acceptors (Lipinski definition) is 2. The molecule has 2 nitrogen and oxygen atoms in total. The summed E-state index contributed by atoms with van der Waals surface area (Å²) in [5.41, 5.74) is 8.75. The van der Waals surface area contributed by atoms with E-state index in [4.69, 9.17) is 0 Å². The third-order valence-electron chi connectivity index (χ3n) is 5.62. The molecule has 0 spiro atoms. The molecule has 0 radical (unpaired) electrons. The van der Waals surface area contributed by atoms with E-state index in [1.165, 1.54) is 27.9 Å². The van der Waals surface area contributed by atoms with Crippen molar-refractivity contribution in [3.05, 3.63) is 57.6 Å². The summed E-state index contributed by atoms with van der Waals surface area (Å²) in [6, 6.07) is 8.58. The molecular formula is C19H21NO. The van der Waals surface area contributed by atoms with Gasteiger partial charge in [0, 0.05) is 17.1 Å². The van der Waals surface area contributed by atoms with Gasteiger partial charge in [0.2, 0.25) is 0 Å². The van der Waals surface area contributed by atoms with E-state index in [0.29, 0.717) is 11.7 Å². The van der Waals surface area contributed by atoms with Gasteiger partial charge in [-0.1, -0.05) is 18.2 Å². The number of fused-ring (bicyclic) bond motifs is 5. The molecule has 0 bridgehead atoms.